The summed E-state index contributed by atoms with van der Waals surface area (Å²) in [6.07, 6.45) is 3.41. The molecule has 0 aliphatic rings. The number of hydrogen-bond acceptors (Lipinski definition) is 5. The average molecular weight is 368 g/mol. The number of aromatic amines is 1. The van der Waals surface area contributed by atoms with Gasteiger partial charge in [-0.2, -0.15) is 5.10 Å². The van der Waals surface area contributed by atoms with E-state index in [0.717, 1.165) is 11.1 Å². The Morgan fingerprint density at radius 3 is 2.67 bits per heavy atom. The number of aromatic nitrogens is 2. The Bertz CT molecular complexity index is 893. The number of carboxylic acid groups (broad SMARTS) is 1. The van der Waals surface area contributed by atoms with Crippen LogP contribution < -0.4 is 9.47 Å². The molecule has 140 valence electrons. The van der Waals surface area contributed by atoms with Crippen molar-refractivity contribution in [2.75, 3.05) is 20.3 Å². The maximum absolute atomic E-state index is 11.1. The SMILES string of the molecule is COCCOc1cc(CC(=O)O)cc(Oc2cccc(-c3cn[nH]c3)c2)c1. The second-order valence-electron chi connectivity index (χ2n) is 5.84. The van der Waals surface area contributed by atoms with Gasteiger partial charge in [-0.3, -0.25) is 9.89 Å². The summed E-state index contributed by atoms with van der Waals surface area (Å²) in [5.74, 6) is 0.748. The van der Waals surface area contributed by atoms with Gasteiger partial charge in [0.05, 0.1) is 19.2 Å². The molecular formula is C20H20N2O5. The van der Waals surface area contributed by atoms with Gasteiger partial charge in [-0.15, -0.1) is 0 Å². The molecule has 1 aromatic heterocycles. The van der Waals surface area contributed by atoms with Crippen molar-refractivity contribution in [1.29, 1.82) is 0 Å². The van der Waals surface area contributed by atoms with E-state index in [1.165, 1.54) is 0 Å². The molecule has 7 nitrogen and oxygen atoms in total. The molecule has 0 bridgehead atoms. The van der Waals surface area contributed by atoms with E-state index in [4.69, 9.17) is 19.3 Å². The van der Waals surface area contributed by atoms with Crippen molar-refractivity contribution >= 4 is 5.97 Å². The molecule has 0 amide bonds. The van der Waals surface area contributed by atoms with E-state index >= 15 is 0 Å². The van der Waals surface area contributed by atoms with Gasteiger partial charge in [-0.1, -0.05) is 12.1 Å². The molecule has 0 saturated heterocycles. The van der Waals surface area contributed by atoms with Gasteiger partial charge in [0.2, 0.25) is 0 Å². The number of nitrogens with one attached hydrogen (secondary N) is 1. The molecule has 1 heterocycles. The maximum atomic E-state index is 11.1. The lowest BCUT2D eigenvalue weighted by Gasteiger charge is -2.12. The van der Waals surface area contributed by atoms with Gasteiger partial charge in [0, 0.05) is 24.9 Å². The van der Waals surface area contributed by atoms with Crippen LogP contribution in [0.1, 0.15) is 5.56 Å². The Kier molecular flexibility index (Phi) is 6.06. The average Bonchev–Trinajstić information content (AvgIpc) is 3.16. The molecule has 27 heavy (non-hydrogen) atoms. The van der Waals surface area contributed by atoms with Crippen molar-refractivity contribution in [2.45, 2.75) is 6.42 Å². The molecule has 0 fully saturated rings. The van der Waals surface area contributed by atoms with Gasteiger partial charge in [-0.05, 0) is 35.4 Å². The van der Waals surface area contributed by atoms with Crippen LogP contribution in [0.15, 0.2) is 54.9 Å². The summed E-state index contributed by atoms with van der Waals surface area (Å²) in [4.78, 5) is 11.1. The van der Waals surface area contributed by atoms with Gasteiger partial charge in [0.25, 0.3) is 0 Å². The number of carboxylic acids is 1. The zero-order valence-corrected chi connectivity index (χ0v) is 14.8. The lowest BCUT2D eigenvalue weighted by molar-refractivity contribution is -0.136. The van der Waals surface area contributed by atoms with E-state index in [2.05, 4.69) is 10.2 Å². The molecule has 0 aliphatic heterocycles. The number of rotatable bonds is 9. The second kappa shape index (κ2) is 8.86. The number of nitrogens with zero attached hydrogens (tertiary/aromatic N) is 1. The summed E-state index contributed by atoms with van der Waals surface area (Å²) in [5.41, 5.74) is 2.50. The van der Waals surface area contributed by atoms with Crippen LogP contribution in [-0.2, 0) is 16.0 Å². The summed E-state index contributed by atoms with van der Waals surface area (Å²) >= 11 is 0. The molecule has 0 spiro atoms. The Hall–Kier alpha value is -3.32. The Morgan fingerprint density at radius 1 is 1.07 bits per heavy atom. The number of carbonyl (C=O) groups is 1. The highest BCUT2D eigenvalue weighted by atomic mass is 16.5. The van der Waals surface area contributed by atoms with E-state index in [-0.39, 0.29) is 6.42 Å². The number of ether oxygens (including phenoxy) is 3. The first-order valence-corrected chi connectivity index (χ1v) is 8.38. The predicted molar refractivity (Wildman–Crippen MR) is 99.3 cm³/mol. The molecule has 0 saturated carbocycles. The minimum absolute atomic E-state index is 0.118. The number of H-pyrrole nitrogens is 1. The third-order valence-electron chi connectivity index (χ3n) is 3.75. The van der Waals surface area contributed by atoms with Crippen LogP contribution in [0.3, 0.4) is 0 Å². The van der Waals surface area contributed by atoms with Crippen molar-refractivity contribution < 1.29 is 24.1 Å². The van der Waals surface area contributed by atoms with E-state index in [9.17, 15) is 4.79 Å². The fraction of sp³-hybridized carbons (Fsp3) is 0.200. The first kappa shape index (κ1) is 18.5. The topological polar surface area (TPSA) is 93.7 Å². The normalized spacial score (nSPS) is 10.6. The van der Waals surface area contributed by atoms with Gasteiger partial charge in [-0.25, -0.2) is 0 Å². The summed E-state index contributed by atoms with van der Waals surface area (Å²) < 4.78 is 16.5. The van der Waals surface area contributed by atoms with Crippen LogP contribution in [-0.4, -0.2) is 41.6 Å². The molecule has 0 aliphatic carbocycles. The highest BCUT2D eigenvalue weighted by Gasteiger charge is 2.09. The molecule has 2 N–H and O–H groups in total. The minimum atomic E-state index is -0.919. The number of methoxy groups -OCH3 is 1. The number of hydrogen-bond donors (Lipinski definition) is 2. The number of aliphatic carboxylic acids is 1. The van der Waals surface area contributed by atoms with Gasteiger partial charge >= 0.3 is 5.97 Å². The Morgan fingerprint density at radius 2 is 1.93 bits per heavy atom. The molecule has 2 aromatic carbocycles. The largest absolute Gasteiger partial charge is 0.491 e. The molecule has 3 aromatic rings. The van der Waals surface area contributed by atoms with Crippen LogP contribution in [0.4, 0.5) is 0 Å². The predicted octanol–water partition coefficient (Wildman–Crippen LogP) is 3.52. The van der Waals surface area contributed by atoms with E-state index in [1.807, 2.05) is 24.3 Å². The van der Waals surface area contributed by atoms with Crippen LogP contribution in [0.5, 0.6) is 17.2 Å². The smallest absolute Gasteiger partial charge is 0.307 e. The first-order chi connectivity index (χ1) is 13.1. The van der Waals surface area contributed by atoms with Gasteiger partial charge in [0.15, 0.2) is 0 Å². The molecule has 0 atom stereocenters. The lowest BCUT2D eigenvalue weighted by Crippen LogP contribution is -2.06. The van der Waals surface area contributed by atoms with Crippen molar-refractivity contribution in [3.05, 3.63) is 60.4 Å². The van der Waals surface area contributed by atoms with Crippen molar-refractivity contribution in [1.82, 2.24) is 10.2 Å². The fourth-order valence-electron chi connectivity index (χ4n) is 2.58. The van der Waals surface area contributed by atoms with Gasteiger partial charge < -0.3 is 19.3 Å². The zero-order valence-electron chi connectivity index (χ0n) is 14.8. The maximum Gasteiger partial charge on any atom is 0.307 e. The van der Waals surface area contributed by atoms with Gasteiger partial charge in [0.1, 0.15) is 23.9 Å². The summed E-state index contributed by atoms with van der Waals surface area (Å²) in [5, 5.41) is 15.8. The highest BCUT2D eigenvalue weighted by molar-refractivity contribution is 5.70. The molecule has 7 heteroatoms. The van der Waals surface area contributed by atoms with Crippen LogP contribution in [0.25, 0.3) is 11.1 Å². The monoisotopic (exact) mass is 368 g/mol. The van der Waals surface area contributed by atoms with E-state index < -0.39 is 5.97 Å². The van der Waals surface area contributed by atoms with Crippen molar-refractivity contribution in [2.24, 2.45) is 0 Å². The van der Waals surface area contributed by atoms with Crippen molar-refractivity contribution in [3.63, 3.8) is 0 Å². The summed E-state index contributed by atoms with van der Waals surface area (Å²) in [6.45, 7) is 0.800. The molecule has 3 rings (SSSR count). The quantitative estimate of drug-likeness (QED) is 0.561. The Balaban J connectivity index is 1.83. The highest BCUT2D eigenvalue weighted by Crippen LogP contribution is 2.30. The lowest BCUT2D eigenvalue weighted by atomic mass is 10.1. The van der Waals surface area contributed by atoms with Crippen LogP contribution in [0.2, 0.25) is 0 Å². The third-order valence-corrected chi connectivity index (χ3v) is 3.75. The molecule has 0 radical (unpaired) electrons. The van der Waals surface area contributed by atoms with Crippen LogP contribution in [0, 0.1) is 0 Å². The number of benzene rings is 2. The van der Waals surface area contributed by atoms with E-state index in [0.29, 0.717) is 36.0 Å². The second-order valence-corrected chi connectivity index (χ2v) is 5.84. The minimum Gasteiger partial charge on any atom is -0.491 e. The molecule has 0 unspecified atom stereocenters. The fourth-order valence-corrected chi connectivity index (χ4v) is 2.58. The standard InChI is InChI=1S/C20H20N2O5/c1-25-5-6-26-18-7-14(9-20(23)24)8-19(11-18)27-17-4-2-3-15(10-17)16-12-21-22-13-16/h2-4,7-8,10-13H,5-6,9H2,1H3,(H,21,22)(H,23,24). The summed E-state index contributed by atoms with van der Waals surface area (Å²) in [6, 6.07) is 12.7. The van der Waals surface area contributed by atoms with Crippen molar-refractivity contribution in [3.8, 4) is 28.4 Å². The molecular weight excluding hydrogens is 348 g/mol. The summed E-state index contributed by atoms with van der Waals surface area (Å²) in [7, 11) is 1.59. The first-order valence-electron chi connectivity index (χ1n) is 8.38. The third kappa shape index (κ3) is 5.32. The van der Waals surface area contributed by atoms with E-state index in [1.54, 1.807) is 37.7 Å². The van der Waals surface area contributed by atoms with Crippen LogP contribution >= 0.6 is 0 Å². The zero-order chi connectivity index (χ0) is 19.1. The Labute approximate surface area is 156 Å².